The van der Waals surface area contributed by atoms with Gasteiger partial charge in [0, 0.05) is 18.2 Å². The average Bonchev–Trinajstić information content (AvgIpc) is 2.80. The van der Waals surface area contributed by atoms with E-state index < -0.39 is 11.6 Å². The fraction of sp³-hybridized carbons (Fsp3) is 0.167. The zero-order valence-corrected chi connectivity index (χ0v) is 15.0. The Balaban J connectivity index is 1.97. The molecule has 3 nitrogen and oxygen atoms in total. The van der Waals surface area contributed by atoms with Crippen LogP contribution in [0.2, 0.25) is 10.0 Å². The van der Waals surface area contributed by atoms with E-state index in [2.05, 4.69) is 5.10 Å². The van der Waals surface area contributed by atoms with Gasteiger partial charge in [-0.3, -0.25) is 0 Å². The highest BCUT2D eigenvalue weighted by atomic mass is 35.5. The first-order valence-corrected chi connectivity index (χ1v) is 8.18. The summed E-state index contributed by atoms with van der Waals surface area (Å²) in [5.74, 6) is -0.369. The van der Waals surface area contributed by atoms with Crippen LogP contribution in [0.4, 0.5) is 8.78 Å². The minimum Gasteiger partial charge on any atom is -0.472 e. The van der Waals surface area contributed by atoms with E-state index in [9.17, 15) is 8.78 Å². The van der Waals surface area contributed by atoms with Gasteiger partial charge in [0.05, 0.1) is 21.3 Å². The number of aromatic nitrogens is 2. The van der Waals surface area contributed by atoms with E-state index in [1.165, 1.54) is 24.3 Å². The van der Waals surface area contributed by atoms with Gasteiger partial charge in [-0.05, 0) is 37.3 Å². The Bertz CT molecular complexity index is 941. The van der Waals surface area contributed by atoms with Gasteiger partial charge in [0.15, 0.2) is 0 Å². The van der Waals surface area contributed by atoms with Gasteiger partial charge in [-0.2, -0.15) is 5.10 Å². The second-order valence-corrected chi connectivity index (χ2v) is 6.35. The van der Waals surface area contributed by atoms with Crippen LogP contribution in [-0.4, -0.2) is 9.78 Å². The molecule has 7 heteroatoms. The molecule has 1 aromatic heterocycles. The van der Waals surface area contributed by atoms with Crippen molar-refractivity contribution in [3.63, 3.8) is 0 Å². The van der Waals surface area contributed by atoms with Crippen LogP contribution in [0.1, 0.15) is 11.3 Å². The van der Waals surface area contributed by atoms with Gasteiger partial charge in [0.1, 0.15) is 18.2 Å². The Hall–Kier alpha value is -2.11. The predicted molar refractivity (Wildman–Crippen MR) is 94.1 cm³/mol. The van der Waals surface area contributed by atoms with E-state index >= 15 is 0 Å². The molecule has 3 rings (SSSR count). The summed E-state index contributed by atoms with van der Waals surface area (Å²) in [6.07, 6.45) is 0. The van der Waals surface area contributed by atoms with Crippen LogP contribution in [0.15, 0.2) is 36.4 Å². The summed E-state index contributed by atoms with van der Waals surface area (Å²) < 4.78 is 33.9. The van der Waals surface area contributed by atoms with Crippen molar-refractivity contribution in [3.8, 4) is 17.0 Å². The molecule has 0 saturated carbocycles. The van der Waals surface area contributed by atoms with Crippen molar-refractivity contribution < 1.29 is 13.5 Å². The van der Waals surface area contributed by atoms with Crippen molar-refractivity contribution in [1.29, 1.82) is 0 Å². The lowest BCUT2D eigenvalue weighted by Crippen LogP contribution is -2.02. The molecular formula is C18H14Cl2F2N2O. The van der Waals surface area contributed by atoms with Gasteiger partial charge >= 0.3 is 0 Å². The second-order valence-electron chi connectivity index (χ2n) is 5.54. The van der Waals surface area contributed by atoms with Gasteiger partial charge in [0.25, 0.3) is 0 Å². The topological polar surface area (TPSA) is 27.1 Å². The van der Waals surface area contributed by atoms with Crippen molar-refractivity contribution in [1.82, 2.24) is 9.78 Å². The zero-order chi connectivity index (χ0) is 18.1. The quantitative estimate of drug-likeness (QED) is 0.590. The lowest BCUT2D eigenvalue weighted by molar-refractivity contribution is 0.280. The maximum atomic E-state index is 13.3. The van der Waals surface area contributed by atoms with Gasteiger partial charge in [-0.25, -0.2) is 13.5 Å². The largest absolute Gasteiger partial charge is 0.472 e. The van der Waals surface area contributed by atoms with E-state index in [0.29, 0.717) is 28.3 Å². The van der Waals surface area contributed by atoms with E-state index in [1.807, 2.05) is 6.92 Å². The molecule has 0 fully saturated rings. The Morgan fingerprint density at radius 3 is 2.32 bits per heavy atom. The number of aryl methyl sites for hydroxylation is 2. The molecule has 130 valence electrons. The average molecular weight is 383 g/mol. The van der Waals surface area contributed by atoms with Crippen molar-refractivity contribution in [3.05, 3.63) is 69.3 Å². The third-order valence-electron chi connectivity index (χ3n) is 3.75. The molecule has 3 aromatic rings. The minimum absolute atomic E-state index is 0.129. The molecule has 0 aliphatic rings. The van der Waals surface area contributed by atoms with E-state index in [0.717, 1.165) is 0 Å². The number of hydrogen-bond donors (Lipinski definition) is 0. The highest BCUT2D eigenvalue weighted by Gasteiger charge is 2.19. The van der Waals surface area contributed by atoms with Gasteiger partial charge in [-0.15, -0.1) is 0 Å². The van der Waals surface area contributed by atoms with Gasteiger partial charge in [0.2, 0.25) is 5.88 Å². The normalized spacial score (nSPS) is 11.0. The molecule has 0 bridgehead atoms. The zero-order valence-electron chi connectivity index (χ0n) is 13.5. The smallest absolute Gasteiger partial charge is 0.220 e. The molecule has 0 N–H and O–H groups in total. The highest BCUT2D eigenvalue weighted by molar-refractivity contribution is 6.33. The molecule has 0 saturated heterocycles. The van der Waals surface area contributed by atoms with E-state index in [1.54, 1.807) is 23.9 Å². The maximum Gasteiger partial charge on any atom is 0.220 e. The summed E-state index contributed by atoms with van der Waals surface area (Å²) in [5, 5.41) is 4.89. The molecule has 1 heterocycles. The van der Waals surface area contributed by atoms with Crippen LogP contribution < -0.4 is 4.74 Å². The standard InChI is InChI=1S/C18H14Cl2F2N2O/c1-10-17(14-6-5-13(22)8-16(14)20)18(24(2)23-10)25-9-11-3-4-12(21)7-15(11)19/h3-8H,9H2,1-2H3. The number of benzene rings is 2. The van der Waals surface area contributed by atoms with Crippen LogP contribution in [-0.2, 0) is 13.7 Å². The van der Waals surface area contributed by atoms with Crippen LogP contribution in [0.3, 0.4) is 0 Å². The van der Waals surface area contributed by atoms with Gasteiger partial charge in [-0.1, -0.05) is 29.3 Å². The van der Waals surface area contributed by atoms with Crippen LogP contribution in [0.25, 0.3) is 11.1 Å². The summed E-state index contributed by atoms with van der Waals surface area (Å²) >= 11 is 12.2. The number of halogens is 4. The first kappa shape index (κ1) is 17.7. The van der Waals surface area contributed by atoms with Gasteiger partial charge < -0.3 is 4.74 Å². The molecule has 25 heavy (non-hydrogen) atoms. The lowest BCUT2D eigenvalue weighted by atomic mass is 10.1. The maximum absolute atomic E-state index is 13.3. The third-order valence-corrected chi connectivity index (χ3v) is 4.41. The second kappa shape index (κ2) is 7.02. The number of nitrogens with zero attached hydrogens (tertiary/aromatic N) is 2. The monoisotopic (exact) mass is 382 g/mol. The molecule has 0 atom stereocenters. The summed E-state index contributed by atoms with van der Waals surface area (Å²) in [7, 11) is 1.73. The van der Waals surface area contributed by atoms with E-state index in [4.69, 9.17) is 27.9 Å². The first-order valence-electron chi connectivity index (χ1n) is 7.42. The molecule has 0 amide bonds. The molecule has 0 spiro atoms. The summed E-state index contributed by atoms with van der Waals surface area (Å²) in [4.78, 5) is 0. The van der Waals surface area contributed by atoms with Crippen LogP contribution >= 0.6 is 23.2 Å². The third kappa shape index (κ3) is 3.62. The molecule has 0 radical (unpaired) electrons. The SMILES string of the molecule is Cc1nn(C)c(OCc2ccc(F)cc2Cl)c1-c1ccc(F)cc1Cl. The fourth-order valence-corrected chi connectivity index (χ4v) is 3.07. The summed E-state index contributed by atoms with van der Waals surface area (Å²) in [5.41, 5.74) is 2.62. The molecule has 0 aliphatic heterocycles. The van der Waals surface area contributed by atoms with Crippen molar-refractivity contribution in [2.45, 2.75) is 13.5 Å². The van der Waals surface area contributed by atoms with Crippen molar-refractivity contribution in [2.24, 2.45) is 7.05 Å². The fourth-order valence-electron chi connectivity index (χ4n) is 2.59. The number of hydrogen-bond acceptors (Lipinski definition) is 2. The Morgan fingerprint density at radius 2 is 1.68 bits per heavy atom. The van der Waals surface area contributed by atoms with Crippen LogP contribution in [0, 0.1) is 18.6 Å². The highest BCUT2D eigenvalue weighted by Crippen LogP contribution is 2.38. The Labute approximate surface area is 153 Å². The van der Waals surface area contributed by atoms with Crippen LogP contribution in [0.5, 0.6) is 5.88 Å². The Morgan fingerprint density at radius 1 is 1.04 bits per heavy atom. The lowest BCUT2D eigenvalue weighted by Gasteiger charge is -2.11. The minimum atomic E-state index is -0.421. The molecule has 0 unspecified atom stereocenters. The van der Waals surface area contributed by atoms with E-state index in [-0.39, 0.29) is 16.7 Å². The summed E-state index contributed by atoms with van der Waals surface area (Å²) in [6, 6.07) is 8.26. The van der Waals surface area contributed by atoms with Crippen molar-refractivity contribution >= 4 is 23.2 Å². The first-order chi connectivity index (χ1) is 11.9. The number of rotatable bonds is 4. The predicted octanol–water partition coefficient (Wildman–Crippen LogP) is 5.56. The molecule has 2 aromatic carbocycles. The summed E-state index contributed by atoms with van der Waals surface area (Å²) in [6.45, 7) is 1.94. The van der Waals surface area contributed by atoms with Crippen molar-refractivity contribution in [2.75, 3.05) is 0 Å². The molecule has 0 aliphatic carbocycles. The number of ether oxygens (including phenoxy) is 1. The Kier molecular flexibility index (Phi) is 4.97. The molecular weight excluding hydrogens is 369 g/mol.